The van der Waals surface area contributed by atoms with Crippen LogP contribution in [0.1, 0.15) is 12.8 Å². The minimum absolute atomic E-state index is 1.12. The van der Waals surface area contributed by atoms with E-state index in [2.05, 4.69) is 13.2 Å². The molecule has 0 unspecified atom stereocenters. The van der Waals surface area contributed by atoms with E-state index in [1.54, 1.807) is 0 Å². The van der Waals surface area contributed by atoms with Crippen LogP contribution in [0.4, 0.5) is 0 Å². The van der Waals surface area contributed by atoms with E-state index in [1.165, 1.54) is 30.4 Å². The molecule has 1 aliphatic rings. The van der Waals surface area contributed by atoms with Crippen LogP contribution in [0.25, 0.3) is 0 Å². The molecule has 1 heterocycles. The summed E-state index contributed by atoms with van der Waals surface area (Å²) in [6.07, 6.45) is 6.83. The van der Waals surface area contributed by atoms with Gasteiger partial charge in [-0.2, -0.15) is 0 Å². The van der Waals surface area contributed by atoms with Crippen LogP contribution in [0.3, 0.4) is 0 Å². The van der Waals surface area contributed by atoms with Crippen LogP contribution >= 0.6 is 0 Å². The van der Waals surface area contributed by atoms with Gasteiger partial charge in [-0.05, 0) is 12.2 Å². The summed E-state index contributed by atoms with van der Waals surface area (Å²) in [5.41, 5.74) is 0. The van der Waals surface area contributed by atoms with Crippen molar-refractivity contribution in [1.82, 2.24) is 0 Å². The van der Waals surface area contributed by atoms with Crippen molar-refractivity contribution in [1.29, 1.82) is 0 Å². The quantitative estimate of drug-likeness (QED) is 0.427. The summed E-state index contributed by atoms with van der Waals surface area (Å²) in [5.74, 6) is 0. The normalized spacial score (nSPS) is 21.5. The SMILES string of the molecule is C=CC[N+]1(CC=C)CCCC1. The van der Waals surface area contributed by atoms with Gasteiger partial charge in [0.25, 0.3) is 0 Å². The Bertz CT molecular complexity index is 131. The highest BCUT2D eigenvalue weighted by atomic mass is 15.4. The van der Waals surface area contributed by atoms with Gasteiger partial charge in [-0.1, -0.05) is 13.2 Å². The van der Waals surface area contributed by atoms with Gasteiger partial charge < -0.3 is 4.48 Å². The first-order valence-electron chi connectivity index (χ1n) is 4.40. The van der Waals surface area contributed by atoms with E-state index < -0.39 is 0 Å². The van der Waals surface area contributed by atoms with Gasteiger partial charge in [-0.3, -0.25) is 0 Å². The van der Waals surface area contributed by atoms with Crippen molar-refractivity contribution in [3.05, 3.63) is 25.3 Å². The smallest absolute Gasteiger partial charge is 0.0973 e. The van der Waals surface area contributed by atoms with E-state index in [-0.39, 0.29) is 0 Å². The van der Waals surface area contributed by atoms with Gasteiger partial charge in [-0.25, -0.2) is 0 Å². The fourth-order valence-corrected chi connectivity index (χ4v) is 1.99. The molecule has 0 aromatic carbocycles. The van der Waals surface area contributed by atoms with Crippen molar-refractivity contribution < 1.29 is 4.48 Å². The minimum Gasteiger partial charge on any atom is -0.317 e. The monoisotopic (exact) mass is 152 g/mol. The lowest BCUT2D eigenvalue weighted by Crippen LogP contribution is -2.45. The average molecular weight is 152 g/mol. The number of hydrogen-bond acceptors (Lipinski definition) is 0. The van der Waals surface area contributed by atoms with Crippen LogP contribution in [0.15, 0.2) is 25.3 Å². The number of rotatable bonds is 4. The summed E-state index contributed by atoms with van der Waals surface area (Å²) in [6, 6.07) is 0. The van der Waals surface area contributed by atoms with Crippen molar-refractivity contribution in [2.45, 2.75) is 12.8 Å². The van der Waals surface area contributed by atoms with E-state index in [0.29, 0.717) is 0 Å². The molecule has 0 spiro atoms. The molecule has 0 amide bonds. The van der Waals surface area contributed by atoms with Gasteiger partial charge in [0.1, 0.15) is 0 Å². The maximum absolute atomic E-state index is 3.80. The Balaban J connectivity index is 2.53. The number of likely N-dealkylation sites (tertiary alicyclic amines) is 1. The molecule has 0 bridgehead atoms. The molecule has 1 saturated heterocycles. The molecule has 11 heavy (non-hydrogen) atoms. The molecule has 0 N–H and O–H groups in total. The molecule has 1 rings (SSSR count). The lowest BCUT2D eigenvalue weighted by atomic mass is 10.3. The summed E-state index contributed by atoms with van der Waals surface area (Å²) in [4.78, 5) is 0. The summed E-state index contributed by atoms with van der Waals surface area (Å²) in [6.45, 7) is 12.5. The third-order valence-corrected chi connectivity index (χ3v) is 2.55. The van der Waals surface area contributed by atoms with E-state index in [4.69, 9.17) is 0 Å². The van der Waals surface area contributed by atoms with Crippen LogP contribution in [0, 0.1) is 0 Å². The van der Waals surface area contributed by atoms with Gasteiger partial charge in [0, 0.05) is 12.8 Å². The fourth-order valence-electron chi connectivity index (χ4n) is 1.99. The highest BCUT2D eigenvalue weighted by Gasteiger charge is 2.28. The maximum Gasteiger partial charge on any atom is 0.0973 e. The predicted molar refractivity (Wildman–Crippen MR) is 49.4 cm³/mol. The Morgan fingerprint density at radius 2 is 1.45 bits per heavy atom. The number of hydrogen-bond donors (Lipinski definition) is 0. The standard InChI is InChI=1S/C10H18N/c1-3-7-11(8-4-2)9-5-6-10-11/h3-4H,1-2,5-10H2/q+1. The zero-order valence-corrected chi connectivity index (χ0v) is 7.26. The average Bonchev–Trinajstić information content (AvgIpc) is 2.39. The van der Waals surface area contributed by atoms with Crippen LogP contribution in [0.5, 0.6) is 0 Å². The predicted octanol–water partition coefficient (Wildman–Crippen LogP) is 1.97. The Kier molecular flexibility index (Phi) is 2.89. The van der Waals surface area contributed by atoms with E-state index >= 15 is 0 Å². The lowest BCUT2D eigenvalue weighted by Gasteiger charge is -2.31. The zero-order chi connectivity index (χ0) is 8.16. The van der Waals surface area contributed by atoms with Crippen molar-refractivity contribution in [3.8, 4) is 0 Å². The Labute approximate surface area is 69.6 Å². The Hall–Kier alpha value is -0.560. The molecule has 1 nitrogen and oxygen atoms in total. The molecule has 1 fully saturated rings. The van der Waals surface area contributed by atoms with Gasteiger partial charge in [0.2, 0.25) is 0 Å². The van der Waals surface area contributed by atoms with Gasteiger partial charge in [0.05, 0.1) is 26.2 Å². The van der Waals surface area contributed by atoms with E-state index in [1.807, 2.05) is 12.2 Å². The molecular weight excluding hydrogens is 134 g/mol. The molecule has 0 aromatic rings. The molecule has 0 saturated carbocycles. The summed E-state index contributed by atoms with van der Waals surface area (Å²) >= 11 is 0. The molecule has 0 aliphatic carbocycles. The number of nitrogens with zero attached hydrogens (tertiary/aromatic N) is 1. The van der Waals surface area contributed by atoms with Gasteiger partial charge in [0.15, 0.2) is 0 Å². The van der Waals surface area contributed by atoms with Crippen molar-refractivity contribution in [3.63, 3.8) is 0 Å². The Morgan fingerprint density at radius 3 is 1.82 bits per heavy atom. The molecule has 0 atom stereocenters. The minimum atomic E-state index is 1.12. The van der Waals surface area contributed by atoms with Crippen LogP contribution < -0.4 is 0 Å². The zero-order valence-electron chi connectivity index (χ0n) is 7.26. The van der Waals surface area contributed by atoms with Crippen molar-refractivity contribution >= 4 is 0 Å². The largest absolute Gasteiger partial charge is 0.317 e. The van der Waals surface area contributed by atoms with Crippen molar-refractivity contribution in [2.24, 2.45) is 0 Å². The first kappa shape index (κ1) is 8.54. The third-order valence-electron chi connectivity index (χ3n) is 2.55. The summed E-state index contributed by atoms with van der Waals surface area (Å²) in [7, 11) is 0. The van der Waals surface area contributed by atoms with Crippen LogP contribution in [-0.4, -0.2) is 30.7 Å². The second-order valence-corrected chi connectivity index (χ2v) is 3.44. The first-order valence-corrected chi connectivity index (χ1v) is 4.40. The molecule has 0 aromatic heterocycles. The van der Waals surface area contributed by atoms with E-state index in [9.17, 15) is 0 Å². The molecule has 1 heteroatoms. The number of quaternary nitrogens is 1. The second-order valence-electron chi connectivity index (χ2n) is 3.44. The topological polar surface area (TPSA) is 0 Å². The molecule has 0 radical (unpaired) electrons. The van der Waals surface area contributed by atoms with Crippen LogP contribution in [0.2, 0.25) is 0 Å². The van der Waals surface area contributed by atoms with Crippen molar-refractivity contribution in [2.75, 3.05) is 26.2 Å². The van der Waals surface area contributed by atoms with Gasteiger partial charge in [-0.15, -0.1) is 0 Å². The third kappa shape index (κ3) is 1.93. The fraction of sp³-hybridized carbons (Fsp3) is 0.600. The lowest BCUT2D eigenvalue weighted by molar-refractivity contribution is -0.905. The maximum atomic E-state index is 3.80. The van der Waals surface area contributed by atoms with E-state index in [0.717, 1.165) is 13.1 Å². The molecule has 1 aliphatic heterocycles. The van der Waals surface area contributed by atoms with Gasteiger partial charge >= 0.3 is 0 Å². The second kappa shape index (κ2) is 3.72. The summed E-state index contributed by atoms with van der Waals surface area (Å²) in [5, 5.41) is 0. The molecule has 62 valence electrons. The van der Waals surface area contributed by atoms with Crippen LogP contribution in [-0.2, 0) is 0 Å². The highest BCUT2D eigenvalue weighted by molar-refractivity contribution is 4.73. The Morgan fingerprint density at radius 1 is 1.00 bits per heavy atom. The first-order chi connectivity index (χ1) is 5.33. The highest BCUT2D eigenvalue weighted by Crippen LogP contribution is 2.18. The molecular formula is C10H18N+. The summed E-state index contributed by atoms with van der Waals surface area (Å²) < 4.78 is 1.20.